The number of hydrogen-bond donors (Lipinski definition) is 2. The minimum absolute atomic E-state index is 0.0284. The zero-order valence-electron chi connectivity index (χ0n) is 54.7. The molecule has 2 N–H and O–H groups in total. The summed E-state index contributed by atoms with van der Waals surface area (Å²) in [6.07, 6.45) is 85.2. The standard InChI is InChI=1S/C73H129N2O7P/c1-7-10-13-16-19-22-25-28-30-32-34-36-37-39-40-42-44-47-50-53-56-59-62-65-72(76)74-70(69-81-83(78,79)80-68-67-75(4,5)6)71(64-61-58-55-52-49-46-27-24-21-18-15-12-9-3)82-73(77)66-63-60-57-54-51-48-45-43-41-38-35-33-31-29-26-23-20-17-14-11-8-2/h11,14,19-20,22-23,28-31,35,38,43,45,51,54,61,64,70-71H,7-10,12-13,15-18,21,24-27,32-34,36-37,39-42,44,46-50,52-53,55-60,62-63,65-69H2,1-6H3,(H-,74,76,78,79)/p+1/b14-11-,22-19-,23-20-,30-28-,31-29-,38-35-,45-43-,54-51-,64-61+. The molecule has 10 heteroatoms. The van der Waals surface area contributed by atoms with Gasteiger partial charge in [-0.3, -0.25) is 18.6 Å². The second-order valence-electron chi connectivity index (χ2n) is 24.0. The van der Waals surface area contributed by atoms with Crippen LogP contribution in [0, 0.1) is 0 Å². The first-order chi connectivity index (χ1) is 40.4. The Hall–Kier alpha value is -3.33. The smallest absolute Gasteiger partial charge is 0.456 e. The van der Waals surface area contributed by atoms with Gasteiger partial charge in [-0.1, -0.05) is 272 Å². The maximum Gasteiger partial charge on any atom is 0.472 e. The van der Waals surface area contributed by atoms with Crippen LogP contribution < -0.4 is 5.32 Å². The molecule has 0 aromatic carbocycles. The molecule has 0 bridgehead atoms. The van der Waals surface area contributed by atoms with E-state index in [-0.39, 0.29) is 31.5 Å². The average Bonchev–Trinajstić information content (AvgIpc) is 3.47. The summed E-state index contributed by atoms with van der Waals surface area (Å²) in [6, 6.07) is -0.874. The van der Waals surface area contributed by atoms with Crippen LogP contribution in [0.3, 0.4) is 0 Å². The van der Waals surface area contributed by atoms with Crippen molar-refractivity contribution in [1.82, 2.24) is 5.32 Å². The van der Waals surface area contributed by atoms with Gasteiger partial charge in [-0.25, -0.2) is 4.57 Å². The molecule has 478 valence electrons. The molecule has 0 rings (SSSR count). The molecule has 1 amide bonds. The Morgan fingerprint density at radius 1 is 0.434 bits per heavy atom. The number of ether oxygens (including phenoxy) is 1. The number of nitrogens with one attached hydrogen (secondary N) is 1. The lowest BCUT2D eigenvalue weighted by Crippen LogP contribution is -2.47. The third-order valence-electron chi connectivity index (χ3n) is 14.7. The second kappa shape index (κ2) is 61.7. The maximum absolute atomic E-state index is 13.6. The van der Waals surface area contributed by atoms with Gasteiger partial charge in [0.05, 0.1) is 33.8 Å². The number of esters is 1. The number of quaternary nitrogens is 1. The molecule has 3 atom stereocenters. The number of carbonyl (C=O) groups is 2. The lowest BCUT2D eigenvalue weighted by Gasteiger charge is -2.27. The van der Waals surface area contributed by atoms with Gasteiger partial charge in [0.1, 0.15) is 19.3 Å². The molecule has 0 aliphatic heterocycles. The molecule has 83 heavy (non-hydrogen) atoms. The van der Waals surface area contributed by atoms with Gasteiger partial charge in [0.25, 0.3) is 0 Å². The van der Waals surface area contributed by atoms with Crippen molar-refractivity contribution in [2.45, 2.75) is 303 Å². The number of rotatable bonds is 61. The summed E-state index contributed by atoms with van der Waals surface area (Å²) in [5, 5.41) is 3.06. The van der Waals surface area contributed by atoms with E-state index in [2.05, 4.69) is 123 Å². The van der Waals surface area contributed by atoms with Crippen molar-refractivity contribution < 1.29 is 37.3 Å². The molecule has 0 aliphatic carbocycles. The van der Waals surface area contributed by atoms with Gasteiger partial charge in [0, 0.05) is 12.8 Å². The van der Waals surface area contributed by atoms with Crippen molar-refractivity contribution >= 4 is 19.7 Å². The fourth-order valence-corrected chi connectivity index (χ4v) is 10.2. The Labute approximate surface area is 512 Å². The molecule has 0 radical (unpaired) electrons. The summed E-state index contributed by atoms with van der Waals surface area (Å²) < 4.78 is 30.8. The molecular formula is C73H130N2O7P+. The Morgan fingerprint density at radius 3 is 1.19 bits per heavy atom. The van der Waals surface area contributed by atoms with E-state index in [0.717, 1.165) is 96.3 Å². The summed E-state index contributed by atoms with van der Waals surface area (Å²) in [5.41, 5.74) is 0. The monoisotopic (exact) mass is 1180 g/mol. The number of allylic oxidation sites excluding steroid dienone is 17. The lowest BCUT2D eigenvalue weighted by molar-refractivity contribution is -0.870. The van der Waals surface area contributed by atoms with Crippen LogP contribution in [-0.2, 0) is 27.9 Å². The summed E-state index contributed by atoms with van der Waals surface area (Å²) >= 11 is 0. The van der Waals surface area contributed by atoms with E-state index in [1.165, 1.54) is 154 Å². The maximum atomic E-state index is 13.6. The van der Waals surface area contributed by atoms with E-state index < -0.39 is 20.0 Å². The number of hydrogen-bond acceptors (Lipinski definition) is 6. The molecule has 0 fully saturated rings. The topological polar surface area (TPSA) is 111 Å². The van der Waals surface area contributed by atoms with E-state index in [4.69, 9.17) is 13.8 Å². The molecular weight excluding hydrogens is 1050 g/mol. The zero-order valence-corrected chi connectivity index (χ0v) is 55.6. The van der Waals surface area contributed by atoms with Crippen molar-refractivity contribution in [1.29, 1.82) is 0 Å². The molecule has 3 unspecified atom stereocenters. The molecule has 0 saturated carbocycles. The quantitative estimate of drug-likeness (QED) is 0.0205. The first-order valence-electron chi connectivity index (χ1n) is 34.2. The van der Waals surface area contributed by atoms with Gasteiger partial charge in [-0.2, -0.15) is 0 Å². The first kappa shape index (κ1) is 79.7. The van der Waals surface area contributed by atoms with E-state index in [0.29, 0.717) is 23.9 Å². The normalized spacial score (nSPS) is 14.3. The summed E-state index contributed by atoms with van der Waals surface area (Å²) in [5.74, 6) is -0.556. The largest absolute Gasteiger partial charge is 0.472 e. The Kier molecular flexibility index (Phi) is 59.3. The highest BCUT2D eigenvalue weighted by Gasteiger charge is 2.30. The average molecular weight is 1180 g/mol. The molecule has 0 heterocycles. The van der Waals surface area contributed by atoms with E-state index >= 15 is 0 Å². The number of likely N-dealkylation sites (N-methyl/N-ethyl adjacent to an activating group) is 1. The summed E-state index contributed by atoms with van der Waals surface area (Å²) in [4.78, 5) is 37.9. The van der Waals surface area contributed by atoms with E-state index in [1.807, 2.05) is 33.3 Å². The Bertz CT molecular complexity index is 1790. The van der Waals surface area contributed by atoms with Crippen LogP contribution in [0.4, 0.5) is 0 Å². The molecule has 0 aromatic rings. The fraction of sp³-hybridized carbons (Fsp3) is 0.726. The second-order valence-corrected chi connectivity index (χ2v) is 25.4. The Balaban J connectivity index is 5.24. The third-order valence-corrected chi connectivity index (χ3v) is 15.7. The van der Waals surface area contributed by atoms with Crippen LogP contribution in [0.5, 0.6) is 0 Å². The third kappa shape index (κ3) is 63.0. The van der Waals surface area contributed by atoms with Crippen molar-refractivity contribution in [3.8, 4) is 0 Å². The van der Waals surface area contributed by atoms with Gasteiger partial charge >= 0.3 is 13.8 Å². The predicted octanol–water partition coefficient (Wildman–Crippen LogP) is 21.7. The van der Waals surface area contributed by atoms with Gasteiger partial charge in [0.2, 0.25) is 5.91 Å². The minimum Gasteiger partial charge on any atom is -0.456 e. The van der Waals surface area contributed by atoms with Gasteiger partial charge in [-0.05, 0) is 115 Å². The molecule has 9 nitrogen and oxygen atoms in total. The van der Waals surface area contributed by atoms with Crippen LogP contribution in [0.25, 0.3) is 0 Å². The van der Waals surface area contributed by atoms with Crippen LogP contribution in [0.2, 0.25) is 0 Å². The number of unbranched alkanes of at least 4 members (excludes halogenated alkanes) is 29. The van der Waals surface area contributed by atoms with E-state index in [1.54, 1.807) is 0 Å². The SMILES string of the molecule is CC/C=C\C/C=C\C/C=C\C/C=C\C/C=C\C/C=C\CCCCC(=O)OC(/C=C/CCCCCCCCCCCCC)C(COP(=O)(O)OCC[N+](C)(C)C)NC(=O)CCCCCCCCCCCCCCC/C=C\C/C=C\CCCCC. The molecule has 0 saturated heterocycles. The number of phosphoric ester groups is 1. The van der Waals surface area contributed by atoms with Crippen LogP contribution in [0.15, 0.2) is 109 Å². The summed E-state index contributed by atoms with van der Waals surface area (Å²) in [7, 11) is 1.46. The highest BCUT2D eigenvalue weighted by Crippen LogP contribution is 2.43. The summed E-state index contributed by atoms with van der Waals surface area (Å²) in [6.45, 7) is 6.86. The minimum atomic E-state index is -4.47. The molecule has 0 aliphatic rings. The van der Waals surface area contributed by atoms with Gasteiger partial charge in [-0.15, -0.1) is 0 Å². The number of carbonyl (C=O) groups excluding carboxylic acids is 2. The van der Waals surface area contributed by atoms with Gasteiger partial charge in [0.15, 0.2) is 0 Å². The highest BCUT2D eigenvalue weighted by molar-refractivity contribution is 7.47. The highest BCUT2D eigenvalue weighted by atomic mass is 31.2. The van der Waals surface area contributed by atoms with Crippen LogP contribution in [0.1, 0.15) is 290 Å². The van der Waals surface area contributed by atoms with Gasteiger partial charge < -0.3 is 19.4 Å². The lowest BCUT2D eigenvalue weighted by atomic mass is 10.0. The van der Waals surface area contributed by atoms with Crippen molar-refractivity contribution in [2.24, 2.45) is 0 Å². The van der Waals surface area contributed by atoms with Crippen molar-refractivity contribution in [3.63, 3.8) is 0 Å². The van der Waals surface area contributed by atoms with E-state index in [9.17, 15) is 19.0 Å². The van der Waals surface area contributed by atoms with Crippen molar-refractivity contribution in [2.75, 3.05) is 40.9 Å². The van der Waals surface area contributed by atoms with Crippen LogP contribution >= 0.6 is 7.82 Å². The Morgan fingerprint density at radius 2 is 0.771 bits per heavy atom. The van der Waals surface area contributed by atoms with Crippen LogP contribution in [-0.4, -0.2) is 74.3 Å². The fourth-order valence-electron chi connectivity index (χ4n) is 9.44. The zero-order chi connectivity index (χ0) is 60.7. The number of amides is 1. The molecule has 0 spiro atoms. The van der Waals surface area contributed by atoms with Crippen molar-refractivity contribution in [3.05, 3.63) is 109 Å². The number of phosphoric acid groups is 1. The number of nitrogens with zero attached hydrogens (tertiary/aromatic N) is 1. The predicted molar refractivity (Wildman–Crippen MR) is 360 cm³/mol. The first-order valence-corrected chi connectivity index (χ1v) is 35.7. The molecule has 0 aromatic heterocycles.